The highest BCUT2D eigenvalue weighted by molar-refractivity contribution is 7.95. The molecule has 0 aliphatic carbocycles. The molecule has 0 aliphatic rings. The zero-order valence-electron chi connectivity index (χ0n) is 18.5. The summed E-state index contributed by atoms with van der Waals surface area (Å²) in [6.07, 6.45) is 6.33. The van der Waals surface area contributed by atoms with Crippen LogP contribution in [0, 0.1) is 0 Å². The van der Waals surface area contributed by atoms with Gasteiger partial charge in [-0.15, -0.1) is 0 Å². The van der Waals surface area contributed by atoms with Gasteiger partial charge in [0.1, 0.15) is 23.2 Å². The molecule has 0 atom stereocenters. The molecule has 3 aromatic rings. The molecule has 1 N–H and O–H groups in total. The van der Waals surface area contributed by atoms with Crippen molar-refractivity contribution in [3.05, 3.63) is 103 Å². The van der Waals surface area contributed by atoms with Crippen molar-refractivity contribution < 1.29 is 5.11 Å². The molecule has 0 unspecified atom stereocenters. The van der Waals surface area contributed by atoms with Gasteiger partial charge in [0.15, 0.2) is 0 Å². The minimum Gasteiger partial charge on any atom is -0.390 e. The Bertz CT molecular complexity index is 828. The van der Waals surface area contributed by atoms with Crippen molar-refractivity contribution in [3.63, 3.8) is 0 Å². The molecule has 0 spiro atoms. The van der Waals surface area contributed by atoms with Gasteiger partial charge >= 0.3 is 0 Å². The van der Waals surface area contributed by atoms with Crippen molar-refractivity contribution in [2.24, 2.45) is 0 Å². The Morgan fingerprint density at radius 2 is 1.17 bits per heavy atom. The van der Waals surface area contributed by atoms with Crippen LogP contribution in [0.1, 0.15) is 40.0 Å². The van der Waals surface area contributed by atoms with Crippen LogP contribution in [-0.2, 0) is 0 Å². The van der Waals surface area contributed by atoms with E-state index in [2.05, 4.69) is 104 Å². The average molecular weight is 418 g/mol. The Balaban J connectivity index is 2.02. The molecule has 156 valence electrons. The van der Waals surface area contributed by atoms with Crippen LogP contribution in [-0.4, -0.2) is 16.9 Å². The first kappa shape index (κ1) is 22.5. The third-order valence-electron chi connectivity index (χ3n) is 5.66. The second kappa shape index (κ2) is 10.2. The molecule has 0 fully saturated rings. The van der Waals surface area contributed by atoms with Crippen molar-refractivity contribution in [1.82, 2.24) is 0 Å². The summed E-state index contributed by atoms with van der Waals surface area (Å²) in [6, 6.07) is 33.1. The summed E-state index contributed by atoms with van der Waals surface area (Å²) < 4.78 is 0. The molecular weight excluding hydrogens is 383 g/mol. The second-order valence-electron chi connectivity index (χ2n) is 8.72. The lowest BCUT2D eigenvalue weighted by atomic mass is 9.99. The topological polar surface area (TPSA) is 20.2 Å². The quantitative estimate of drug-likeness (QED) is 0.341. The van der Waals surface area contributed by atoms with Gasteiger partial charge < -0.3 is 5.11 Å². The first-order valence-corrected chi connectivity index (χ1v) is 12.8. The van der Waals surface area contributed by atoms with Crippen LogP contribution in [0.5, 0.6) is 0 Å². The molecule has 2 heteroatoms. The van der Waals surface area contributed by atoms with Gasteiger partial charge in [-0.2, -0.15) is 0 Å². The molecule has 0 heterocycles. The van der Waals surface area contributed by atoms with Gasteiger partial charge in [0.05, 0.1) is 11.8 Å². The Kier molecular flexibility index (Phi) is 7.64. The van der Waals surface area contributed by atoms with E-state index in [1.165, 1.54) is 21.5 Å². The van der Waals surface area contributed by atoms with Crippen molar-refractivity contribution in [3.8, 4) is 0 Å². The zero-order valence-corrected chi connectivity index (χ0v) is 19.4. The van der Waals surface area contributed by atoms with Gasteiger partial charge in [-0.3, -0.25) is 0 Å². The van der Waals surface area contributed by atoms with E-state index >= 15 is 0 Å². The third kappa shape index (κ3) is 5.69. The van der Waals surface area contributed by atoms with Crippen LogP contribution in [0.25, 0.3) is 0 Å². The molecule has 0 amide bonds. The zero-order chi connectivity index (χ0) is 21.5. The first-order chi connectivity index (χ1) is 14.4. The predicted molar refractivity (Wildman–Crippen MR) is 134 cm³/mol. The van der Waals surface area contributed by atoms with Crippen LogP contribution in [0.3, 0.4) is 0 Å². The van der Waals surface area contributed by atoms with Crippen molar-refractivity contribution in [2.75, 3.05) is 6.16 Å². The average Bonchev–Trinajstić information content (AvgIpc) is 2.76. The summed E-state index contributed by atoms with van der Waals surface area (Å²) in [7, 11) is -1.80. The van der Waals surface area contributed by atoms with Crippen molar-refractivity contribution >= 4 is 23.2 Å². The normalized spacial score (nSPS) is 12.7. The van der Waals surface area contributed by atoms with Crippen LogP contribution >= 0.6 is 7.26 Å². The van der Waals surface area contributed by atoms with E-state index in [0.717, 1.165) is 25.4 Å². The summed E-state index contributed by atoms with van der Waals surface area (Å²) >= 11 is 0. The van der Waals surface area contributed by atoms with Gasteiger partial charge in [0.2, 0.25) is 0 Å². The van der Waals surface area contributed by atoms with E-state index in [0.29, 0.717) is 0 Å². The number of aliphatic hydroxyl groups is 1. The van der Waals surface area contributed by atoms with Crippen LogP contribution in [0.2, 0.25) is 0 Å². The minimum atomic E-state index is -1.80. The smallest absolute Gasteiger partial charge is 0.115 e. The van der Waals surface area contributed by atoms with Crippen molar-refractivity contribution in [2.45, 2.75) is 45.6 Å². The molecule has 0 radical (unpaired) electrons. The van der Waals surface area contributed by atoms with Crippen LogP contribution in [0.4, 0.5) is 0 Å². The molecule has 0 aromatic heterocycles. The van der Waals surface area contributed by atoms with E-state index < -0.39 is 12.9 Å². The number of hydrogen-bond donors (Lipinski definition) is 1. The van der Waals surface area contributed by atoms with Crippen LogP contribution in [0.15, 0.2) is 103 Å². The standard InChI is InChI=1S/C28H34OP/c1-24(14-13-22-28(2,3)29)21-23-30(25-15-7-4-8-16-25,26-17-9-5-10-18-26)27-19-11-6-12-20-27/h4-12,15-21,29H,13-14,22-23H2,1-3H3/q+1. The maximum Gasteiger partial charge on any atom is 0.115 e. The fraction of sp³-hybridized carbons (Fsp3) is 0.286. The van der Waals surface area contributed by atoms with Crippen LogP contribution < -0.4 is 15.9 Å². The highest BCUT2D eigenvalue weighted by Gasteiger charge is 2.44. The maximum absolute atomic E-state index is 10.0. The summed E-state index contributed by atoms with van der Waals surface area (Å²) in [5.41, 5.74) is 0.821. The summed E-state index contributed by atoms with van der Waals surface area (Å²) in [6.45, 7) is 6.02. The Hall–Kier alpha value is -2.21. The van der Waals surface area contributed by atoms with Crippen molar-refractivity contribution in [1.29, 1.82) is 0 Å². The molecule has 0 bridgehead atoms. The molecule has 0 aliphatic heterocycles. The second-order valence-corrected chi connectivity index (χ2v) is 12.2. The van der Waals surface area contributed by atoms with Gasteiger partial charge in [-0.1, -0.05) is 60.2 Å². The molecule has 0 saturated heterocycles. The third-order valence-corrected chi connectivity index (χ3v) is 9.93. The highest BCUT2D eigenvalue weighted by atomic mass is 31.2. The Morgan fingerprint density at radius 3 is 1.53 bits per heavy atom. The Labute approximate surface area is 182 Å². The molecule has 0 saturated carbocycles. The lowest BCUT2D eigenvalue weighted by Gasteiger charge is -2.27. The van der Waals surface area contributed by atoms with E-state index in [4.69, 9.17) is 0 Å². The maximum atomic E-state index is 10.0. The largest absolute Gasteiger partial charge is 0.390 e. The van der Waals surface area contributed by atoms with Gasteiger partial charge in [0, 0.05) is 0 Å². The fourth-order valence-corrected chi connectivity index (χ4v) is 8.16. The lowest BCUT2D eigenvalue weighted by Crippen LogP contribution is -2.33. The Morgan fingerprint density at radius 1 is 0.767 bits per heavy atom. The highest BCUT2D eigenvalue weighted by Crippen LogP contribution is 2.55. The van der Waals surface area contributed by atoms with Gasteiger partial charge in [-0.05, 0) is 82.5 Å². The fourth-order valence-electron chi connectivity index (χ4n) is 4.01. The van der Waals surface area contributed by atoms with E-state index in [9.17, 15) is 5.11 Å². The number of allylic oxidation sites excluding steroid dienone is 2. The monoisotopic (exact) mass is 417 g/mol. The minimum absolute atomic E-state index is 0.588. The first-order valence-electron chi connectivity index (χ1n) is 10.8. The van der Waals surface area contributed by atoms with Gasteiger partial charge in [-0.25, -0.2) is 0 Å². The SMILES string of the molecule is CC(=CC[P+](c1ccccc1)(c1ccccc1)c1ccccc1)CCCC(C)(C)O. The number of hydrogen-bond acceptors (Lipinski definition) is 1. The summed E-state index contributed by atoms with van der Waals surface area (Å²) in [5.74, 6) is 0. The lowest BCUT2D eigenvalue weighted by molar-refractivity contribution is 0.0689. The summed E-state index contributed by atoms with van der Waals surface area (Å²) in [5, 5.41) is 14.3. The molecule has 30 heavy (non-hydrogen) atoms. The molecule has 3 aromatic carbocycles. The summed E-state index contributed by atoms with van der Waals surface area (Å²) in [4.78, 5) is 0. The predicted octanol–water partition coefficient (Wildman–Crippen LogP) is 5.87. The molecular formula is C28H34OP+. The van der Waals surface area contributed by atoms with E-state index in [1.54, 1.807) is 0 Å². The van der Waals surface area contributed by atoms with Gasteiger partial charge in [0.25, 0.3) is 0 Å². The number of benzene rings is 3. The molecule has 1 nitrogen and oxygen atoms in total. The van der Waals surface area contributed by atoms with E-state index in [-0.39, 0.29) is 0 Å². The number of rotatable bonds is 9. The molecule has 3 rings (SSSR count). The van der Waals surface area contributed by atoms with E-state index in [1.807, 2.05) is 13.8 Å².